The number of aromatic nitrogens is 8. The van der Waals surface area contributed by atoms with E-state index in [1.165, 1.54) is 10.9 Å². The predicted octanol–water partition coefficient (Wildman–Crippen LogP) is 1.91. The molecule has 7 heterocycles. The molecule has 0 spiro atoms. The second-order valence-electron chi connectivity index (χ2n) is 9.83. The quantitative estimate of drug-likeness (QED) is 0.174. The number of imidazole rings is 2. The van der Waals surface area contributed by atoms with Crippen LogP contribution in [0.25, 0.3) is 22.3 Å². The zero-order chi connectivity index (χ0) is 31.0. The molecule has 2 bridgehead atoms. The molecule has 24 heteroatoms. The molecule has 0 saturated carbocycles. The molecule has 4 aromatic rings. The molecule has 3 fully saturated rings. The number of alkyl halides is 2. The van der Waals surface area contributed by atoms with Gasteiger partial charge in [0.2, 0.25) is 0 Å². The second kappa shape index (κ2) is 11.1. The first-order valence-electron chi connectivity index (χ1n) is 12.7. The molecule has 0 radical (unpaired) electrons. The predicted molar refractivity (Wildman–Crippen MR) is 150 cm³/mol. The maximum absolute atomic E-state index is 15.9. The van der Waals surface area contributed by atoms with E-state index < -0.39 is 81.6 Å². The third-order valence-electron chi connectivity index (χ3n) is 7.15. The maximum atomic E-state index is 15.9. The molecule has 44 heavy (non-hydrogen) atoms. The Morgan fingerprint density at radius 1 is 0.841 bits per heavy atom. The molecule has 3 unspecified atom stereocenters. The fourth-order valence-electron chi connectivity index (χ4n) is 5.15. The van der Waals surface area contributed by atoms with Gasteiger partial charge in [0.15, 0.2) is 47.4 Å². The van der Waals surface area contributed by atoms with Crippen molar-refractivity contribution in [2.45, 2.75) is 49.2 Å². The first-order chi connectivity index (χ1) is 20.9. The van der Waals surface area contributed by atoms with Gasteiger partial charge < -0.3 is 20.2 Å². The van der Waals surface area contributed by atoms with E-state index in [-0.39, 0.29) is 28.1 Å². The van der Waals surface area contributed by atoms with Gasteiger partial charge in [-0.2, -0.15) is 0 Å². The van der Waals surface area contributed by atoms with Crippen molar-refractivity contribution in [2.75, 3.05) is 18.9 Å². The number of nitrogen functional groups attached to an aromatic ring is 1. The zero-order valence-electron chi connectivity index (χ0n) is 21.8. The number of anilines is 1. The lowest BCUT2D eigenvalue weighted by Gasteiger charge is -2.26. The van der Waals surface area contributed by atoms with Crippen molar-refractivity contribution in [1.29, 1.82) is 0 Å². The van der Waals surface area contributed by atoms with E-state index in [1.807, 2.05) is 0 Å². The number of ether oxygens (including phenoxy) is 2. The van der Waals surface area contributed by atoms with E-state index in [2.05, 4.69) is 54.4 Å². The van der Waals surface area contributed by atoms with Gasteiger partial charge in [-0.15, -0.1) is 0 Å². The third-order valence-corrected chi connectivity index (χ3v) is 10.4. The van der Waals surface area contributed by atoms with Crippen LogP contribution in [0.2, 0.25) is 0 Å². The molecule has 236 valence electrons. The number of hydrogen-bond donors (Lipinski definition) is 4. The molecule has 3 aliphatic rings. The number of aromatic amines is 1. The summed E-state index contributed by atoms with van der Waals surface area (Å²) in [6, 6.07) is 0. The van der Waals surface area contributed by atoms with Crippen LogP contribution in [-0.4, -0.2) is 89.0 Å². The summed E-state index contributed by atoms with van der Waals surface area (Å²) in [5, 5.41) is 0. The van der Waals surface area contributed by atoms with E-state index in [0.717, 1.165) is 23.5 Å². The summed E-state index contributed by atoms with van der Waals surface area (Å²) >= 11 is 7.95. The molecule has 4 aromatic heterocycles. The fraction of sp³-hybridized carbons (Fsp3) is 0.500. The van der Waals surface area contributed by atoms with Crippen LogP contribution in [0.1, 0.15) is 12.5 Å². The SMILES string of the molecule is Nc1ncnc2c1ncn2C1O[C@@H]2COP(=O)(S)O[C@H]3[C@@H](F)[C@H](n4cnc5c(=O)[nH]cnc54)O[C@@H]3COP(=O)(S)O[C@@H]1[C@H]2F. The van der Waals surface area contributed by atoms with Crippen LogP contribution in [0.5, 0.6) is 0 Å². The molecule has 0 aromatic carbocycles. The lowest BCUT2D eigenvalue weighted by atomic mass is 10.1. The van der Waals surface area contributed by atoms with Gasteiger partial charge in [-0.05, 0) is 0 Å². The van der Waals surface area contributed by atoms with Gasteiger partial charge in [0.1, 0.15) is 36.3 Å². The third kappa shape index (κ3) is 5.25. The minimum atomic E-state index is -4.45. The Hall–Kier alpha value is -2.52. The topological polar surface area (TPSA) is 223 Å². The number of nitrogens with two attached hydrogens (primary N) is 1. The highest BCUT2D eigenvalue weighted by Crippen LogP contribution is 2.60. The van der Waals surface area contributed by atoms with Gasteiger partial charge in [0, 0.05) is 0 Å². The molecule has 10 atom stereocenters. The standard InChI is InChI=1S/C20H21F2N9O9P2S2/c21-9-7-1-35-41(33,43)39-13-8(38-19(10(13)22)30-6-29-12-17(30)26-4-27-18(12)32)2-36-42(34,44)40-14(9)20(37-7)31-5-28-11-15(23)24-3-25-16(11)31/h3-10,13-14,19-20H,1-2H2,(H,33,43)(H,34,44)(H2,23,24,25)(H,26,27,32)/t7-,8-,9+,10-,13-,14-,19-,20?,41?,42?/m1/s1. The van der Waals surface area contributed by atoms with Gasteiger partial charge in [0.05, 0.1) is 32.2 Å². The van der Waals surface area contributed by atoms with Crippen LogP contribution >= 0.6 is 38.1 Å². The molecule has 0 amide bonds. The average molecular weight is 696 g/mol. The maximum Gasteiger partial charge on any atom is 0.386 e. The Bertz CT molecular complexity index is 1900. The molecule has 3 saturated heterocycles. The van der Waals surface area contributed by atoms with Gasteiger partial charge in [0.25, 0.3) is 5.56 Å². The first kappa shape index (κ1) is 30.2. The largest absolute Gasteiger partial charge is 0.386 e. The highest BCUT2D eigenvalue weighted by atomic mass is 32.7. The van der Waals surface area contributed by atoms with Crippen LogP contribution in [0.3, 0.4) is 0 Å². The number of fused-ring (bicyclic) bond motifs is 5. The monoisotopic (exact) mass is 695 g/mol. The number of hydrogen-bond acceptors (Lipinski definition) is 15. The fourth-order valence-corrected chi connectivity index (χ4v) is 8.09. The van der Waals surface area contributed by atoms with Crippen LogP contribution < -0.4 is 11.3 Å². The lowest BCUT2D eigenvalue weighted by molar-refractivity contribution is -0.0563. The Balaban J connectivity index is 1.20. The Morgan fingerprint density at radius 2 is 1.45 bits per heavy atom. The van der Waals surface area contributed by atoms with E-state index in [4.69, 9.17) is 33.3 Å². The second-order valence-corrected chi connectivity index (χ2v) is 15.6. The number of thiol groups is 2. The van der Waals surface area contributed by atoms with Crippen LogP contribution in [-0.2, 0) is 36.7 Å². The van der Waals surface area contributed by atoms with Gasteiger partial charge in [-0.1, -0.05) is 24.5 Å². The summed E-state index contributed by atoms with van der Waals surface area (Å²) in [4.78, 5) is 34.5. The van der Waals surface area contributed by atoms with E-state index >= 15 is 8.78 Å². The zero-order valence-corrected chi connectivity index (χ0v) is 25.3. The average Bonchev–Trinajstić information content (AvgIpc) is 3.73. The normalized spacial score (nSPS) is 38.3. The van der Waals surface area contributed by atoms with Crippen molar-refractivity contribution in [2.24, 2.45) is 0 Å². The van der Waals surface area contributed by atoms with Crippen molar-refractivity contribution in [3.63, 3.8) is 0 Å². The van der Waals surface area contributed by atoms with Crippen molar-refractivity contribution < 1.29 is 45.5 Å². The number of halogens is 2. The van der Waals surface area contributed by atoms with Crippen LogP contribution in [0.15, 0.2) is 30.1 Å². The molecule has 7 rings (SSSR count). The Labute approximate surface area is 254 Å². The number of nitrogens with one attached hydrogen (secondary N) is 1. The Morgan fingerprint density at radius 3 is 2.20 bits per heavy atom. The summed E-state index contributed by atoms with van der Waals surface area (Å²) in [5.41, 5.74) is 5.50. The highest BCUT2D eigenvalue weighted by molar-refractivity contribution is 8.44. The molecule has 18 nitrogen and oxygen atoms in total. The lowest BCUT2D eigenvalue weighted by Crippen LogP contribution is -2.33. The molecule has 0 aliphatic carbocycles. The minimum absolute atomic E-state index is 0.0163. The van der Waals surface area contributed by atoms with Gasteiger partial charge in [-0.3, -0.25) is 32.0 Å². The van der Waals surface area contributed by atoms with Gasteiger partial charge in [-0.25, -0.2) is 42.8 Å². The summed E-state index contributed by atoms with van der Waals surface area (Å²) in [6.45, 7) is -10.3. The summed E-state index contributed by atoms with van der Waals surface area (Å²) in [5.74, 6) is 0.0428. The summed E-state index contributed by atoms with van der Waals surface area (Å²) in [7, 11) is 0. The number of rotatable bonds is 2. The molecular weight excluding hydrogens is 674 g/mol. The minimum Gasteiger partial charge on any atom is -0.382 e. The van der Waals surface area contributed by atoms with Crippen molar-refractivity contribution in [1.82, 2.24) is 39.0 Å². The number of nitrogens with zero attached hydrogens (tertiary/aromatic N) is 7. The van der Waals surface area contributed by atoms with Crippen LogP contribution in [0, 0.1) is 0 Å². The molecule has 3 N–H and O–H groups in total. The number of H-pyrrole nitrogens is 1. The summed E-state index contributed by atoms with van der Waals surface area (Å²) < 4.78 is 94.1. The van der Waals surface area contributed by atoms with Crippen molar-refractivity contribution in [3.05, 3.63) is 35.7 Å². The Kier molecular flexibility index (Phi) is 7.59. The van der Waals surface area contributed by atoms with E-state index in [9.17, 15) is 13.9 Å². The van der Waals surface area contributed by atoms with E-state index in [0.29, 0.717) is 0 Å². The van der Waals surface area contributed by atoms with Crippen molar-refractivity contribution >= 4 is 66.2 Å². The van der Waals surface area contributed by atoms with E-state index in [1.54, 1.807) is 0 Å². The van der Waals surface area contributed by atoms with Crippen molar-refractivity contribution in [3.8, 4) is 0 Å². The van der Waals surface area contributed by atoms with Gasteiger partial charge >= 0.3 is 13.6 Å². The first-order valence-corrected chi connectivity index (χ1v) is 18.1. The molecule has 3 aliphatic heterocycles. The molecular formula is C20H21F2N9O9P2S2. The van der Waals surface area contributed by atoms with Crippen LogP contribution in [0.4, 0.5) is 14.6 Å². The smallest absolute Gasteiger partial charge is 0.382 e. The highest BCUT2D eigenvalue weighted by Gasteiger charge is 2.54. The summed E-state index contributed by atoms with van der Waals surface area (Å²) in [6.07, 6.45) is -8.62.